The summed E-state index contributed by atoms with van der Waals surface area (Å²) < 4.78 is 5.23. The molecule has 1 aromatic heterocycles. The van der Waals surface area contributed by atoms with Crippen molar-refractivity contribution in [2.45, 2.75) is 12.5 Å². The molecule has 5 nitrogen and oxygen atoms in total. The number of nitrogens with two attached hydrogens (primary N) is 1. The molecular formula is C16H15N3O2. The minimum atomic E-state index is -0.356. The van der Waals surface area contributed by atoms with Crippen molar-refractivity contribution >= 4 is 0 Å². The third kappa shape index (κ3) is 3.09. The Kier molecular flexibility index (Phi) is 3.66. The Morgan fingerprint density at radius 1 is 1.10 bits per heavy atom. The van der Waals surface area contributed by atoms with Crippen molar-refractivity contribution in [2.24, 2.45) is 5.73 Å². The summed E-state index contributed by atoms with van der Waals surface area (Å²) in [6.07, 6.45) is 0.627. The van der Waals surface area contributed by atoms with Gasteiger partial charge in [0, 0.05) is 5.56 Å². The van der Waals surface area contributed by atoms with Crippen LogP contribution in [0.3, 0.4) is 0 Å². The number of phenolic OH excluding ortho intramolecular Hbond substituents is 1. The van der Waals surface area contributed by atoms with E-state index in [0.29, 0.717) is 23.7 Å². The van der Waals surface area contributed by atoms with Crippen molar-refractivity contribution in [3.8, 4) is 17.1 Å². The topological polar surface area (TPSA) is 85.2 Å². The third-order valence-electron chi connectivity index (χ3n) is 3.16. The summed E-state index contributed by atoms with van der Waals surface area (Å²) in [4.78, 5) is 4.30. The molecule has 0 spiro atoms. The van der Waals surface area contributed by atoms with Crippen LogP contribution in [0.1, 0.15) is 17.5 Å². The van der Waals surface area contributed by atoms with Gasteiger partial charge >= 0.3 is 0 Å². The summed E-state index contributed by atoms with van der Waals surface area (Å²) in [5, 5.41) is 13.4. The maximum Gasteiger partial charge on any atom is 0.244 e. The minimum absolute atomic E-state index is 0.160. The van der Waals surface area contributed by atoms with Crippen molar-refractivity contribution < 1.29 is 9.63 Å². The highest BCUT2D eigenvalue weighted by atomic mass is 16.5. The lowest BCUT2D eigenvalue weighted by molar-refractivity contribution is 0.354. The van der Waals surface area contributed by atoms with Crippen LogP contribution >= 0.6 is 0 Å². The van der Waals surface area contributed by atoms with Gasteiger partial charge in [0.05, 0.1) is 6.04 Å². The summed E-state index contributed by atoms with van der Waals surface area (Å²) in [5.74, 6) is 0.967. The molecule has 0 aliphatic rings. The Bertz CT molecular complexity index is 725. The monoisotopic (exact) mass is 281 g/mol. The standard InChI is InChI=1S/C16H15N3O2/c17-14(9-11-5-2-1-3-6-11)16-18-15(19-21-16)12-7-4-8-13(20)10-12/h1-8,10,14,20H,9,17H2/t14-/m1/s1. The number of hydrogen-bond acceptors (Lipinski definition) is 5. The van der Waals surface area contributed by atoms with Gasteiger partial charge in [-0.1, -0.05) is 47.6 Å². The van der Waals surface area contributed by atoms with Crippen molar-refractivity contribution in [2.75, 3.05) is 0 Å². The summed E-state index contributed by atoms with van der Waals surface area (Å²) in [5.41, 5.74) is 7.91. The first-order valence-corrected chi connectivity index (χ1v) is 6.65. The fourth-order valence-electron chi connectivity index (χ4n) is 2.10. The van der Waals surface area contributed by atoms with Crippen LogP contribution in [0.4, 0.5) is 0 Å². The van der Waals surface area contributed by atoms with Crippen LogP contribution in [0, 0.1) is 0 Å². The predicted octanol–water partition coefficient (Wildman–Crippen LogP) is 2.68. The van der Waals surface area contributed by atoms with Gasteiger partial charge in [-0.05, 0) is 24.1 Å². The molecule has 3 N–H and O–H groups in total. The molecule has 0 aliphatic carbocycles. The van der Waals surface area contributed by atoms with Gasteiger partial charge in [0.15, 0.2) is 0 Å². The van der Waals surface area contributed by atoms with Crippen LogP contribution in [0.2, 0.25) is 0 Å². The fourth-order valence-corrected chi connectivity index (χ4v) is 2.10. The maximum absolute atomic E-state index is 9.47. The third-order valence-corrected chi connectivity index (χ3v) is 3.16. The molecule has 2 aromatic carbocycles. The molecule has 0 aliphatic heterocycles. The van der Waals surface area contributed by atoms with Crippen LogP contribution in [0.5, 0.6) is 5.75 Å². The lowest BCUT2D eigenvalue weighted by atomic mass is 10.1. The molecule has 106 valence electrons. The van der Waals surface area contributed by atoms with Gasteiger partial charge in [0.2, 0.25) is 11.7 Å². The number of aromatic nitrogens is 2. The number of hydrogen-bond donors (Lipinski definition) is 2. The summed E-state index contributed by atoms with van der Waals surface area (Å²) in [6.45, 7) is 0. The van der Waals surface area contributed by atoms with Crippen LogP contribution in [0.25, 0.3) is 11.4 Å². The Morgan fingerprint density at radius 2 is 1.90 bits per heavy atom. The molecular weight excluding hydrogens is 266 g/mol. The van der Waals surface area contributed by atoms with Gasteiger partial charge in [-0.2, -0.15) is 4.98 Å². The van der Waals surface area contributed by atoms with E-state index < -0.39 is 0 Å². The number of rotatable bonds is 4. The molecule has 21 heavy (non-hydrogen) atoms. The minimum Gasteiger partial charge on any atom is -0.508 e. The zero-order chi connectivity index (χ0) is 14.7. The molecule has 3 aromatic rings. The van der Waals surface area contributed by atoms with E-state index in [4.69, 9.17) is 10.3 Å². The maximum atomic E-state index is 9.47. The van der Waals surface area contributed by atoms with Crippen molar-refractivity contribution in [3.63, 3.8) is 0 Å². The lowest BCUT2D eigenvalue weighted by Gasteiger charge is -2.05. The van der Waals surface area contributed by atoms with Crippen LogP contribution in [-0.2, 0) is 6.42 Å². The second-order valence-electron chi connectivity index (χ2n) is 4.80. The van der Waals surface area contributed by atoms with Crippen molar-refractivity contribution in [1.29, 1.82) is 0 Å². The van der Waals surface area contributed by atoms with Gasteiger partial charge in [0.1, 0.15) is 5.75 Å². The lowest BCUT2D eigenvalue weighted by Crippen LogP contribution is -2.13. The van der Waals surface area contributed by atoms with Gasteiger partial charge in [-0.25, -0.2) is 0 Å². The Hall–Kier alpha value is -2.66. The van der Waals surface area contributed by atoms with Crippen molar-refractivity contribution in [1.82, 2.24) is 10.1 Å². The molecule has 0 amide bonds. The van der Waals surface area contributed by atoms with E-state index in [-0.39, 0.29) is 11.8 Å². The predicted molar refractivity (Wildman–Crippen MR) is 78.5 cm³/mol. The average Bonchev–Trinajstić information content (AvgIpc) is 2.98. The number of nitrogens with zero attached hydrogens (tertiary/aromatic N) is 2. The van der Waals surface area contributed by atoms with E-state index in [2.05, 4.69) is 10.1 Å². The largest absolute Gasteiger partial charge is 0.508 e. The average molecular weight is 281 g/mol. The highest BCUT2D eigenvalue weighted by molar-refractivity contribution is 5.56. The molecule has 5 heteroatoms. The van der Waals surface area contributed by atoms with E-state index in [1.807, 2.05) is 30.3 Å². The Morgan fingerprint density at radius 3 is 2.67 bits per heavy atom. The normalized spacial score (nSPS) is 12.2. The zero-order valence-corrected chi connectivity index (χ0v) is 11.3. The first-order valence-electron chi connectivity index (χ1n) is 6.65. The SMILES string of the molecule is N[C@H](Cc1ccccc1)c1nc(-c2cccc(O)c2)no1. The number of aromatic hydroxyl groups is 1. The Balaban J connectivity index is 1.78. The highest BCUT2D eigenvalue weighted by Gasteiger charge is 2.16. The summed E-state index contributed by atoms with van der Waals surface area (Å²) in [7, 11) is 0. The second kappa shape index (κ2) is 5.76. The highest BCUT2D eigenvalue weighted by Crippen LogP contribution is 2.22. The smallest absolute Gasteiger partial charge is 0.244 e. The quantitative estimate of drug-likeness (QED) is 0.768. The first-order chi connectivity index (χ1) is 10.2. The molecule has 0 saturated heterocycles. The second-order valence-corrected chi connectivity index (χ2v) is 4.80. The zero-order valence-electron chi connectivity index (χ0n) is 11.3. The van der Waals surface area contributed by atoms with Crippen LogP contribution in [0.15, 0.2) is 59.1 Å². The number of benzene rings is 2. The van der Waals surface area contributed by atoms with Crippen LogP contribution < -0.4 is 5.73 Å². The molecule has 3 rings (SSSR count). The molecule has 0 radical (unpaired) electrons. The number of phenols is 1. The molecule has 0 saturated carbocycles. The molecule has 1 heterocycles. The molecule has 0 unspecified atom stereocenters. The van der Waals surface area contributed by atoms with E-state index in [0.717, 1.165) is 5.56 Å². The van der Waals surface area contributed by atoms with Crippen molar-refractivity contribution in [3.05, 3.63) is 66.1 Å². The van der Waals surface area contributed by atoms with E-state index in [9.17, 15) is 5.11 Å². The van der Waals surface area contributed by atoms with Crippen LogP contribution in [-0.4, -0.2) is 15.2 Å². The van der Waals surface area contributed by atoms with E-state index in [1.54, 1.807) is 24.3 Å². The molecule has 0 bridgehead atoms. The Labute approximate surface area is 122 Å². The summed E-state index contributed by atoms with van der Waals surface area (Å²) >= 11 is 0. The summed E-state index contributed by atoms with van der Waals surface area (Å²) in [6, 6.07) is 16.2. The van der Waals surface area contributed by atoms with Gasteiger partial charge < -0.3 is 15.4 Å². The first kappa shape index (κ1) is 13.3. The fraction of sp³-hybridized carbons (Fsp3) is 0.125. The van der Waals surface area contributed by atoms with Gasteiger partial charge in [0.25, 0.3) is 0 Å². The molecule has 0 fully saturated rings. The molecule has 1 atom stereocenters. The van der Waals surface area contributed by atoms with E-state index >= 15 is 0 Å². The van der Waals surface area contributed by atoms with E-state index in [1.165, 1.54) is 0 Å². The van der Waals surface area contributed by atoms with Gasteiger partial charge in [-0.15, -0.1) is 0 Å². The van der Waals surface area contributed by atoms with Gasteiger partial charge in [-0.3, -0.25) is 0 Å².